The summed E-state index contributed by atoms with van der Waals surface area (Å²) < 4.78 is 14.3. The van der Waals surface area contributed by atoms with Gasteiger partial charge in [0.25, 0.3) is 5.91 Å². The zero-order valence-corrected chi connectivity index (χ0v) is 41.1. The molecule has 2 saturated carbocycles. The van der Waals surface area contributed by atoms with E-state index < -0.39 is 35.3 Å². The minimum atomic E-state index is -0.901. The molecule has 4 fully saturated rings. The number of esters is 1. The summed E-state index contributed by atoms with van der Waals surface area (Å²) in [5.41, 5.74) is 9.12. The Morgan fingerprint density at radius 3 is 2.59 bits per heavy atom. The fourth-order valence-electron chi connectivity index (χ4n) is 10.6. The molecular formula is C51H65N9O7S. The molecule has 0 unspecified atom stereocenters. The van der Waals surface area contributed by atoms with Gasteiger partial charge >= 0.3 is 5.97 Å². The number of nitrogens with one attached hydrogen (secondary N) is 3. The monoisotopic (exact) mass is 947 g/mol. The number of amides is 4. The number of pyridine rings is 1. The largest absolute Gasteiger partial charge is 0.464 e. The SMILES string of the molecule is CCn1c(-c2cccnc2[C@H](C)OC)c2c3cc(ccc31)-c1csc(n1)/C=C(\NC(=O)[C@H](C1CCCC1)N(C)C(=O)CN(C)C(=O)[C@@H]1N[C@@H]1C1CC1)C(=O)N1CCC[C@H](N1)C(=O)OCC(C)(C)C2. The Kier molecular flexibility index (Phi) is 13.6. The lowest BCUT2D eigenvalue weighted by molar-refractivity contribution is -0.154. The second-order valence-electron chi connectivity index (χ2n) is 20.2. The van der Waals surface area contributed by atoms with Crippen LogP contribution < -0.4 is 16.1 Å². The van der Waals surface area contributed by atoms with Gasteiger partial charge in [0.1, 0.15) is 28.8 Å². The number of carbonyl (C=O) groups excluding carboxylic acids is 5. The Balaban J connectivity index is 1.08. The number of benzene rings is 1. The summed E-state index contributed by atoms with van der Waals surface area (Å²) in [7, 11) is 4.92. The number of ether oxygens (including phenoxy) is 2. The van der Waals surface area contributed by atoms with Crippen LogP contribution in [0.5, 0.6) is 0 Å². The Bertz CT molecular complexity index is 2630. The minimum absolute atomic E-state index is 0.0401. The molecule has 2 saturated heterocycles. The number of hydrazine groups is 1. The summed E-state index contributed by atoms with van der Waals surface area (Å²) >= 11 is 1.35. The third-order valence-corrected chi connectivity index (χ3v) is 15.4. The van der Waals surface area contributed by atoms with E-state index in [2.05, 4.69) is 65.7 Å². The number of methoxy groups -OCH3 is 1. The summed E-state index contributed by atoms with van der Waals surface area (Å²) in [6.45, 7) is 9.24. The molecule has 16 nitrogen and oxygen atoms in total. The molecule has 3 aromatic heterocycles. The molecule has 2 aliphatic carbocycles. The minimum Gasteiger partial charge on any atom is -0.464 e. The van der Waals surface area contributed by atoms with Crippen LogP contribution in [-0.2, 0) is 46.4 Å². The van der Waals surface area contributed by atoms with Gasteiger partial charge in [-0.05, 0) is 100 Å². The zero-order valence-electron chi connectivity index (χ0n) is 40.3. The van der Waals surface area contributed by atoms with Gasteiger partial charge in [-0.1, -0.05) is 32.8 Å². The first-order valence-corrected chi connectivity index (χ1v) is 25.2. The molecule has 6 bridgehead atoms. The molecule has 4 aromatic rings. The van der Waals surface area contributed by atoms with Gasteiger partial charge in [-0.15, -0.1) is 11.3 Å². The molecule has 0 spiro atoms. The molecule has 68 heavy (non-hydrogen) atoms. The summed E-state index contributed by atoms with van der Waals surface area (Å²) in [5, 5.41) is 11.1. The van der Waals surface area contributed by atoms with E-state index in [-0.39, 0.29) is 61.3 Å². The number of aryl methyl sites for hydroxylation is 1. The maximum Gasteiger partial charge on any atom is 0.324 e. The highest BCUT2D eigenvalue weighted by Gasteiger charge is 2.52. The second-order valence-corrected chi connectivity index (χ2v) is 21.1. The van der Waals surface area contributed by atoms with Crippen molar-refractivity contribution in [1.29, 1.82) is 0 Å². The normalized spacial score (nSPS) is 23.5. The van der Waals surface area contributed by atoms with Gasteiger partial charge in [0.15, 0.2) is 0 Å². The Labute approximate surface area is 402 Å². The van der Waals surface area contributed by atoms with Crippen LogP contribution in [0.1, 0.15) is 101 Å². The van der Waals surface area contributed by atoms with Gasteiger partial charge in [0.2, 0.25) is 17.7 Å². The number of nitrogens with zero attached hydrogens (tertiary/aromatic N) is 6. The molecule has 0 radical (unpaired) electrons. The van der Waals surface area contributed by atoms with Crippen molar-refractivity contribution in [2.45, 2.75) is 122 Å². The van der Waals surface area contributed by atoms with Crippen LogP contribution in [-0.4, -0.2) is 124 Å². The summed E-state index contributed by atoms with van der Waals surface area (Å²) in [5.74, 6) is -1.62. The molecule has 9 rings (SSSR count). The number of hydrogen-bond donors (Lipinski definition) is 3. The van der Waals surface area contributed by atoms with Crippen molar-refractivity contribution < 1.29 is 33.4 Å². The van der Waals surface area contributed by atoms with E-state index in [1.54, 1.807) is 33.5 Å². The lowest BCUT2D eigenvalue weighted by Gasteiger charge is -2.35. The van der Waals surface area contributed by atoms with Crippen molar-refractivity contribution >= 4 is 57.9 Å². The van der Waals surface area contributed by atoms with Crippen molar-refractivity contribution in [3.63, 3.8) is 0 Å². The lowest BCUT2D eigenvalue weighted by Crippen LogP contribution is -2.58. The van der Waals surface area contributed by atoms with Crippen LogP contribution in [0.3, 0.4) is 0 Å². The lowest BCUT2D eigenvalue weighted by atomic mass is 9.84. The van der Waals surface area contributed by atoms with E-state index in [0.717, 1.165) is 77.5 Å². The number of thiazole rings is 1. The number of likely N-dealkylation sites (N-methyl/N-ethyl adjacent to an activating group) is 2. The number of carbonyl (C=O) groups is 5. The molecule has 6 heterocycles. The standard InChI is InChI=1S/C51H65N9O7S/c1-8-59-39-20-19-32-23-34(39)35(46(59)33-15-11-21-52-42(33)29(2)66-7)25-51(3,4)28-67-50(65)36-16-12-22-60(56-36)48(63)37(24-40-53-38(32)27-68-40)54-47(62)45(31-13-9-10-14-31)58(6)41(61)26-57(5)49(64)44-43(55-44)30-17-18-30/h11,15,19-21,23-24,27,29-31,36,43-45,55-56H,8-10,12-14,16-18,22,25-26,28H2,1-7H3,(H,54,62)/b37-24-/t29-,36-,43+,44+,45-/m0/s1. The van der Waals surface area contributed by atoms with Crippen molar-refractivity contribution in [1.82, 2.24) is 45.4 Å². The van der Waals surface area contributed by atoms with Crippen molar-refractivity contribution in [2.24, 2.45) is 17.3 Å². The van der Waals surface area contributed by atoms with Crippen LogP contribution in [0.2, 0.25) is 0 Å². The Hall–Kier alpha value is -5.49. The third kappa shape index (κ3) is 9.72. The van der Waals surface area contributed by atoms with Crippen LogP contribution in [0.25, 0.3) is 39.5 Å². The molecule has 4 amide bonds. The highest BCUT2D eigenvalue weighted by molar-refractivity contribution is 7.10. The molecule has 3 aliphatic heterocycles. The predicted octanol–water partition coefficient (Wildman–Crippen LogP) is 5.86. The van der Waals surface area contributed by atoms with Gasteiger partial charge in [-0.3, -0.25) is 39.3 Å². The van der Waals surface area contributed by atoms with E-state index in [1.165, 1.54) is 26.1 Å². The van der Waals surface area contributed by atoms with Crippen LogP contribution in [0.4, 0.5) is 0 Å². The first-order valence-electron chi connectivity index (χ1n) is 24.3. The number of rotatable bonds is 12. The molecule has 362 valence electrons. The number of cyclic esters (lactones) is 1. The number of fused-ring (bicyclic) bond motifs is 6. The van der Waals surface area contributed by atoms with Crippen LogP contribution >= 0.6 is 11.3 Å². The molecular weight excluding hydrogens is 883 g/mol. The molecule has 1 aromatic carbocycles. The molecule has 5 atom stereocenters. The maximum absolute atomic E-state index is 14.7. The summed E-state index contributed by atoms with van der Waals surface area (Å²) in [4.78, 5) is 83.3. The summed E-state index contributed by atoms with van der Waals surface area (Å²) in [6, 6.07) is 8.57. The van der Waals surface area contributed by atoms with Crippen molar-refractivity contribution in [3.8, 4) is 22.5 Å². The van der Waals surface area contributed by atoms with E-state index in [1.807, 2.05) is 18.4 Å². The van der Waals surface area contributed by atoms with E-state index in [9.17, 15) is 24.0 Å². The average molecular weight is 948 g/mol. The van der Waals surface area contributed by atoms with E-state index >= 15 is 0 Å². The fourth-order valence-corrected chi connectivity index (χ4v) is 11.3. The third-order valence-electron chi connectivity index (χ3n) is 14.6. The van der Waals surface area contributed by atoms with Gasteiger partial charge < -0.3 is 29.2 Å². The Morgan fingerprint density at radius 1 is 1.07 bits per heavy atom. The van der Waals surface area contributed by atoms with Gasteiger partial charge in [0.05, 0.1) is 36.3 Å². The molecule has 3 N–H and O–H groups in total. The maximum atomic E-state index is 14.7. The van der Waals surface area contributed by atoms with Crippen molar-refractivity contribution in [3.05, 3.63) is 63.9 Å². The summed E-state index contributed by atoms with van der Waals surface area (Å²) in [6.07, 6.45) is 10.2. The average Bonchev–Trinajstić information content (AvgIpc) is 4.20. The van der Waals surface area contributed by atoms with Gasteiger partial charge in [0, 0.05) is 85.4 Å². The number of hydrogen-bond acceptors (Lipinski definition) is 12. The quantitative estimate of drug-likeness (QED) is 0.114. The smallest absolute Gasteiger partial charge is 0.324 e. The van der Waals surface area contributed by atoms with Crippen LogP contribution in [0, 0.1) is 17.3 Å². The topological polar surface area (TPSA) is 190 Å². The molecule has 17 heteroatoms. The van der Waals surface area contributed by atoms with E-state index in [0.29, 0.717) is 42.4 Å². The number of aromatic nitrogens is 3. The highest BCUT2D eigenvalue weighted by atomic mass is 32.1. The first kappa shape index (κ1) is 47.6. The second kappa shape index (κ2) is 19.5. The van der Waals surface area contributed by atoms with Crippen molar-refractivity contribution in [2.75, 3.05) is 40.9 Å². The highest BCUT2D eigenvalue weighted by Crippen LogP contribution is 2.43. The predicted molar refractivity (Wildman–Crippen MR) is 259 cm³/mol. The Morgan fingerprint density at radius 2 is 1.85 bits per heavy atom. The van der Waals surface area contributed by atoms with Gasteiger partial charge in [-0.2, -0.15) is 0 Å². The zero-order chi connectivity index (χ0) is 48.0. The fraction of sp³-hybridized carbons (Fsp3) is 0.549. The van der Waals surface area contributed by atoms with E-state index in [4.69, 9.17) is 19.4 Å². The first-order chi connectivity index (χ1) is 32.7. The molecule has 5 aliphatic rings. The van der Waals surface area contributed by atoms with Crippen LogP contribution in [0.15, 0.2) is 47.6 Å². The van der Waals surface area contributed by atoms with Gasteiger partial charge in [-0.25, -0.2) is 10.4 Å².